The molecule has 0 unspecified atom stereocenters. The SMILES string of the molecule is Nc1nnc(CSc2ncn[nH]2)s1. The van der Waals surface area contributed by atoms with E-state index in [1.54, 1.807) is 0 Å². The largest absolute Gasteiger partial charge is 0.374 e. The van der Waals surface area contributed by atoms with E-state index in [-0.39, 0.29) is 0 Å². The van der Waals surface area contributed by atoms with E-state index in [2.05, 4.69) is 25.4 Å². The number of nitrogen functional groups attached to an aromatic ring is 1. The number of nitrogens with one attached hydrogen (secondary N) is 1. The van der Waals surface area contributed by atoms with Crippen LogP contribution in [0.15, 0.2) is 11.5 Å². The molecule has 68 valence electrons. The molecule has 0 aliphatic carbocycles. The fourth-order valence-electron chi connectivity index (χ4n) is 0.719. The van der Waals surface area contributed by atoms with Crippen molar-refractivity contribution in [1.82, 2.24) is 25.4 Å². The molecular weight excluding hydrogens is 208 g/mol. The van der Waals surface area contributed by atoms with Crippen molar-refractivity contribution in [3.05, 3.63) is 11.3 Å². The zero-order chi connectivity index (χ0) is 9.10. The van der Waals surface area contributed by atoms with Crippen molar-refractivity contribution < 1.29 is 0 Å². The van der Waals surface area contributed by atoms with Gasteiger partial charge in [-0.05, 0) is 0 Å². The van der Waals surface area contributed by atoms with Crippen LogP contribution in [0.2, 0.25) is 0 Å². The van der Waals surface area contributed by atoms with Crippen molar-refractivity contribution in [3.63, 3.8) is 0 Å². The van der Waals surface area contributed by atoms with E-state index in [9.17, 15) is 0 Å². The molecule has 0 spiro atoms. The minimum Gasteiger partial charge on any atom is -0.374 e. The summed E-state index contributed by atoms with van der Waals surface area (Å²) >= 11 is 2.90. The Kier molecular flexibility index (Phi) is 2.41. The van der Waals surface area contributed by atoms with Crippen LogP contribution in [0, 0.1) is 0 Å². The summed E-state index contributed by atoms with van der Waals surface area (Å²) in [6, 6.07) is 0. The topological polar surface area (TPSA) is 93.4 Å². The van der Waals surface area contributed by atoms with Crippen LogP contribution >= 0.6 is 23.1 Å². The summed E-state index contributed by atoms with van der Waals surface area (Å²) < 4.78 is 0. The van der Waals surface area contributed by atoms with Gasteiger partial charge in [0.2, 0.25) is 5.13 Å². The Bertz CT molecular complexity index is 368. The smallest absolute Gasteiger partial charge is 0.203 e. The van der Waals surface area contributed by atoms with E-state index in [1.807, 2.05) is 0 Å². The molecule has 0 aliphatic rings. The van der Waals surface area contributed by atoms with Crippen LogP contribution in [-0.2, 0) is 5.75 Å². The molecule has 0 atom stereocenters. The van der Waals surface area contributed by atoms with E-state index < -0.39 is 0 Å². The summed E-state index contributed by atoms with van der Waals surface area (Å²) in [5.74, 6) is 0.712. The number of thioether (sulfide) groups is 1. The number of nitrogens with two attached hydrogens (primary N) is 1. The van der Waals surface area contributed by atoms with Crippen molar-refractivity contribution in [2.24, 2.45) is 0 Å². The molecule has 13 heavy (non-hydrogen) atoms. The van der Waals surface area contributed by atoms with Gasteiger partial charge in [0.25, 0.3) is 0 Å². The standard InChI is InChI=1S/C5H6N6S2/c6-4-10-9-3(13-4)1-12-5-7-2-8-11-5/h2H,1H2,(H2,6,10)(H,7,8,11). The van der Waals surface area contributed by atoms with Crippen molar-refractivity contribution in [2.45, 2.75) is 10.9 Å². The average Bonchev–Trinajstić information content (AvgIpc) is 2.71. The molecule has 0 bridgehead atoms. The maximum Gasteiger partial charge on any atom is 0.203 e. The van der Waals surface area contributed by atoms with Crippen LogP contribution in [-0.4, -0.2) is 25.4 Å². The fourth-order valence-corrected chi connectivity index (χ4v) is 2.09. The molecule has 0 saturated heterocycles. The minimum absolute atomic E-state index is 0.494. The van der Waals surface area contributed by atoms with Crippen molar-refractivity contribution in [1.29, 1.82) is 0 Å². The first-order valence-electron chi connectivity index (χ1n) is 3.40. The molecule has 0 saturated carbocycles. The maximum absolute atomic E-state index is 5.43. The summed E-state index contributed by atoms with van der Waals surface area (Å²) in [5.41, 5.74) is 5.43. The monoisotopic (exact) mass is 214 g/mol. The van der Waals surface area contributed by atoms with Gasteiger partial charge >= 0.3 is 0 Å². The highest BCUT2D eigenvalue weighted by Gasteiger charge is 2.03. The third-order valence-electron chi connectivity index (χ3n) is 1.21. The molecule has 0 amide bonds. The molecular formula is C5H6N6S2. The highest BCUT2D eigenvalue weighted by Crippen LogP contribution is 2.21. The van der Waals surface area contributed by atoms with Crippen LogP contribution in [0.5, 0.6) is 0 Å². The lowest BCUT2D eigenvalue weighted by Gasteiger charge is -1.89. The quantitative estimate of drug-likeness (QED) is 0.724. The van der Waals surface area contributed by atoms with Gasteiger partial charge in [0.1, 0.15) is 11.3 Å². The summed E-state index contributed by atoms with van der Waals surface area (Å²) in [7, 11) is 0. The second-order valence-electron chi connectivity index (χ2n) is 2.11. The maximum atomic E-state index is 5.43. The van der Waals surface area contributed by atoms with Crippen molar-refractivity contribution in [2.75, 3.05) is 5.73 Å². The van der Waals surface area contributed by atoms with Crippen LogP contribution in [0.1, 0.15) is 5.01 Å². The Balaban J connectivity index is 1.93. The number of hydrogen-bond donors (Lipinski definition) is 2. The Hall–Kier alpha value is -1.15. The predicted molar refractivity (Wildman–Crippen MR) is 50.3 cm³/mol. The lowest BCUT2D eigenvalue weighted by atomic mass is 10.9. The highest BCUT2D eigenvalue weighted by atomic mass is 32.2. The van der Waals surface area contributed by atoms with Crippen molar-refractivity contribution in [3.8, 4) is 0 Å². The van der Waals surface area contributed by atoms with Crippen LogP contribution in [0.4, 0.5) is 5.13 Å². The van der Waals surface area contributed by atoms with Crippen molar-refractivity contribution >= 4 is 28.2 Å². The molecule has 3 N–H and O–H groups in total. The number of aromatic nitrogens is 5. The molecule has 6 nitrogen and oxygen atoms in total. The lowest BCUT2D eigenvalue weighted by molar-refractivity contribution is 0.970. The van der Waals surface area contributed by atoms with E-state index in [0.717, 1.165) is 10.2 Å². The number of hydrogen-bond acceptors (Lipinski definition) is 7. The van der Waals surface area contributed by atoms with Gasteiger partial charge in [0, 0.05) is 0 Å². The van der Waals surface area contributed by atoms with Gasteiger partial charge in [-0.15, -0.1) is 10.2 Å². The number of anilines is 1. The van der Waals surface area contributed by atoms with E-state index in [1.165, 1.54) is 29.4 Å². The summed E-state index contributed by atoms with van der Waals surface area (Å²) in [4.78, 5) is 3.96. The Morgan fingerprint density at radius 3 is 3.08 bits per heavy atom. The molecule has 0 fully saturated rings. The average molecular weight is 214 g/mol. The van der Waals surface area contributed by atoms with Crippen LogP contribution in [0.3, 0.4) is 0 Å². The molecule has 8 heteroatoms. The first-order chi connectivity index (χ1) is 6.34. The van der Waals surface area contributed by atoms with Crippen LogP contribution in [0.25, 0.3) is 0 Å². The Morgan fingerprint density at radius 1 is 1.54 bits per heavy atom. The molecule has 0 radical (unpaired) electrons. The van der Waals surface area contributed by atoms with Gasteiger partial charge in [-0.2, -0.15) is 5.10 Å². The second-order valence-corrected chi connectivity index (χ2v) is 4.17. The van der Waals surface area contributed by atoms with E-state index in [4.69, 9.17) is 5.73 Å². The Labute approximate surface area is 82.0 Å². The van der Waals surface area contributed by atoms with Gasteiger partial charge < -0.3 is 5.73 Å². The Morgan fingerprint density at radius 2 is 2.46 bits per heavy atom. The third kappa shape index (κ3) is 2.16. The van der Waals surface area contributed by atoms with Gasteiger partial charge in [-0.3, -0.25) is 5.10 Å². The first kappa shape index (κ1) is 8.45. The number of H-pyrrole nitrogens is 1. The van der Waals surface area contributed by atoms with E-state index in [0.29, 0.717) is 10.9 Å². The number of aromatic amines is 1. The zero-order valence-corrected chi connectivity index (χ0v) is 8.10. The summed E-state index contributed by atoms with van der Waals surface area (Å²) in [6.45, 7) is 0. The normalized spacial score (nSPS) is 10.5. The first-order valence-corrected chi connectivity index (χ1v) is 5.21. The van der Waals surface area contributed by atoms with Crippen LogP contribution < -0.4 is 5.73 Å². The molecule has 2 heterocycles. The molecule has 2 aromatic rings. The zero-order valence-electron chi connectivity index (χ0n) is 6.47. The predicted octanol–water partition coefficient (Wildman–Crippen LogP) is 0.531. The lowest BCUT2D eigenvalue weighted by Crippen LogP contribution is -1.81. The second kappa shape index (κ2) is 3.71. The molecule has 2 rings (SSSR count). The van der Waals surface area contributed by atoms with Gasteiger partial charge in [0.05, 0.1) is 5.75 Å². The van der Waals surface area contributed by atoms with Gasteiger partial charge in [0.15, 0.2) is 5.16 Å². The fraction of sp³-hybridized carbons (Fsp3) is 0.200. The molecule has 0 aliphatic heterocycles. The number of rotatable bonds is 3. The molecule has 0 aromatic carbocycles. The summed E-state index contributed by atoms with van der Waals surface area (Å²) in [5, 5.41) is 16.2. The van der Waals surface area contributed by atoms with Gasteiger partial charge in [-0.1, -0.05) is 23.1 Å². The highest BCUT2D eigenvalue weighted by molar-refractivity contribution is 7.98. The minimum atomic E-state index is 0.494. The van der Waals surface area contributed by atoms with Gasteiger partial charge in [-0.25, -0.2) is 4.98 Å². The molecule has 2 aromatic heterocycles. The number of nitrogens with zero attached hydrogens (tertiary/aromatic N) is 4. The summed E-state index contributed by atoms with van der Waals surface area (Å²) in [6.07, 6.45) is 1.47. The van der Waals surface area contributed by atoms with E-state index >= 15 is 0 Å². The third-order valence-corrected chi connectivity index (χ3v) is 3.03.